The first-order chi connectivity index (χ1) is 17.1. The van der Waals surface area contributed by atoms with Gasteiger partial charge in [0.05, 0.1) is 12.8 Å². The number of carbonyl (C=O) groups is 2. The quantitative estimate of drug-likeness (QED) is 0.164. The summed E-state index contributed by atoms with van der Waals surface area (Å²) in [6, 6.07) is 15.7. The van der Waals surface area contributed by atoms with Crippen molar-refractivity contribution in [3.8, 4) is 5.75 Å². The van der Waals surface area contributed by atoms with E-state index in [0.29, 0.717) is 13.0 Å². The van der Waals surface area contributed by atoms with Gasteiger partial charge in [-0.2, -0.15) is 5.10 Å². The van der Waals surface area contributed by atoms with Gasteiger partial charge in [-0.3, -0.25) is 9.59 Å². The Morgan fingerprint density at radius 3 is 2.11 bits per heavy atom. The Hall–Kier alpha value is -3.15. The second-order valence-electron chi connectivity index (χ2n) is 8.99. The summed E-state index contributed by atoms with van der Waals surface area (Å²) in [6.45, 7) is 4.73. The van der Waals surface area contributed by atoms with E-state index < -0.39 is 0 Å². The lowest BCUT2D eigenvalue weighted by Crippen LogP contribution is -2.34. The molecule has 0 aliphatic heterocycles. The van der Waals surface area contributed by atoms with Gasteiger partial charge in [0.2, 0.25) is 5.91 Å². The number of hydrogen-bond acceptors (Lipinski definition) is 4. The number of unbranched alkanes of at least 4 members (excludes halogenated alkanes) is 8. The van der Waals surface area contributed by atoms with E-state index >= 15 is 0 Å². The van der Waals surface area contributed by atoms with Crippen LogP contribution in [0.25, 0.3) is 0 Å². The van der Waals surface area contributed by atoms with Crippen LogP contribution in [0.1, 0.15) is 87.8 Å². The molecule has 0 spiro atoms. The number of benzene rings is 2. The maximum absolute atomic E-state index is 11.9. The molecule has 0 bridgehead atoms. The smallest absolute Gasteiger partial charge is 0.259 e. The molecule has 0 fully saturated rings. The van der Waals surface area contributed by atoms with E-state index in [0.717, 1.165) is 29.7 Å². The zero-order valence-electron chi connectivity index (χ0n) is 21.4. The second kappa shape index (κ2) is 17.3. The molecule has 2 aromatic rings. The Morgan fingerprint density at radius 2 is 1.46 bits per heavy atom. The van der Waals surface area contributed by atoms with E-state index in [4.69, 9.17) is 4.74 Å². The van der Waals surface area contributed by atoms with Gasteiger partial charge in [0, 0.05) is 6.42 Å². The van der Waals surface area contributed by atoms with E-state index in [9.17, 15) is 9.59 Å². The molecule has 0 aliphatic rings. The van der Waals surface area contributed by atoms with Crippen LogP contribution in [0.2, 0.25) is 0 Å². The lowest BCUT2D eigenvalue weighted by atomic mass is 10.1. The second-order valence-corrected chi connectivity index (χ2v) is 8.99. The zero-order valence-corrected chi connectivity index (χ0v) is 21.4. The summed E-state index contributed by atoms with van der Waals surface area (Å²) in [6.07, 6.45) is 12.9. The van der Waals surface area contributed by atoms with Crippen molar-refractivity contribution in [3.05, 3.63) is 65.2 Å². The summed E-state index contributed by atoms with van der Waals surface area (Å²) >= 11 is 0. The Labute approximate surface area is 210 Å². The summed E-state index contributed by atoms with van der Waals surface area (Å²) < 4.78 is 5.79. The number of nitrogens with zero attached hydrogens (tertiary/aromatic N) is 1. The molecule has 0 heterocycles. The molecule has 190 valence electrons. The number of aryl methyl sites for hydroxylation is 1. The van der Waals surface area contributed by atoms with Crippen molar-refractivity contribution in [2.45, 2.75) is 84.7 Å². The van der Waals surface area contributed by atoms with E-state index in [2.05, 4.69) is 54.0 Å². The topological polar surface area (TPSA) is 79.8 Å². The van der Waals surface area contributed by atoms with Crippen molar-refractivity contribution in [1.82, 2.24) is 10.7 Å². The third-order valence-electron chi connectivity index (χ3n) is 5.76. The van der Waals surface area contributed by atoms with Gasteiger partial charge in [0.15, 0.2) is 0 Å². The van der Waals surface area contributed by atoms with Crippen molar-refractivity contribution in [2.24, 2.45) is 5.10 Å². The third-order valence-corrected chi connectivity index (χ3v) is 5.76. The maximum atomic E-state index is 11.9. The molecule has 6 heteroatoms. The van der Waals surface area contributed by atoms with Crippen LogP contribution in [0.15, 0.2) is 53.6 Å². The number of ether oxygens (including phenoxy) is 1. The van der Waals surface area contributed by atoms with Crippen LogP contribution in [0.4, 0.5) is 0 Å². The van der Waals surface area contributed by atoms with Crippen molar-refractivity contribution >= 4 is 18.0 Å². The first kappa shape index (κ1) is 28.1. The van der Waals surface area contributed by atoms with Crippen LogP contribution < -0.4 is 15.5 Å². The Morgan fingerprint density at radius 1 is 0.829 bits per heavy atom. The molecule has 0 saturated heterocycles. The molecule has 2 amide bonds. The molecule has 2 aromatic carbocycles. The van der Waals surface area contributed by atoms with Gasteiger partial charge < -0.3 is 10.1 Å². The molecule has 0 aliphatic carbocycles. The minimum atomic E-state index is -0.347. The molecule has 0 aromatic heterocycles. The fourth-order valence-corrected chi connectivity index (χ4v) is 3.58. The van der Waals surface area contributed by atoms with Crippen LogP contribution in [-0.2, 0) is 16.2 Å². The average molecular weight is 480 g/mol. The van der Waals surface area contributed by atoms with Gasteiger partial charge in [-0.25, -0.2) is 5.43 Å². The lowest BCUT2D eigenvalue weighted by Gasteiger charge is -2.07. The highest BCUT2D eigenvalue weighted by Crippen LogP contribution is 2.14. The molecule has 35 heavy (non-hydrogen) atoms. The van der Waals surface area contributed by atoms with Crippen molar-refractivity contribution < 1.29 is 14.3 Å². The summed E-state index contributed by atoms with van der Waals surface area (Å²) in [4.78, 5) is 23.8. The molecule has 2 N–H and O–H groups in total. The SMILES string of the molecule is CCCCCCCCCCCC(=O)NCC(=O)N/N=C\c1ccc(OCc2ccc(C)cc2)cc1. The van der Waals surface area contributed by atoms with Crippen LogP contribution >= 0.6 is 0 Å². The molecule has 0 saturated carbocycles. The number of hydrazone groups is 1. The highest BCUT2D eigenvalue weighted by Gasteiger charge is 2.05. The minimum Gasteiger partial charge on any atom is -0.489 e. The van der Waals surface area contributed by atoms with Crippen LogP contribution in [-0.4, -0.2) is 24.6 Å². The van der Waals surface area contributed by atoms with Gasteiger partial charge in [-0.15, -0.1) is 0 Å². The lowest BCUT2D eigenvalue weighted by molar-refractivity contribution is -0.126. The molecule has 0 atom stereocenters. The fourth-order valence-electron chi connectivity index (χ4n) is 3.58. The largest absolute Gasteiger partial charge is 0.489 e. The zero-order chi connectivity index (χ0) is 25.1. The van der Waals surface area contributed by atoms with E-state index in [-0.39, 0.29) is 18.4 Å². The number of nitrogens with one attached hydrogen (secondary N) is 2. The molecule has 0 unspecified atom stereocenters. The average Bonchev–Trinajstić information content (AvgIpc) is 2.87. The molecule has 0 radical (unpaired) electrons. The van der Waals surface area contributed by atoms with Gasteiger partial charge in [-0.05, 0) is 48.7 Å². The summed E-state index contributed by atoms with van der Waals surface area (Å²) in [5, 5.41) is 6.61. The normalized spacial score (nSPS) is 10.9. The highest BCUT2D eigenvalue weighted by molar-refractivity contribution is 5.86. The molecule has 6 nitrogen and oxygen atoms in total. The Kier molecular flexibility index (Phi) is 13.9. The summed E-state index contributed by atoms with van der Waals surface area (Å²) in [7, 11) is 0. The molecular weight excluding hydrogens is 438 g/mol. The van der Waals surface area contributed by atoms with Crippen LogP contribution in [0.3, 0.4) is 0 Å². The summed E-state index contributed by atoms with van der Waals surface area (Å²) in [5.74, 6) is 0.328. The first-order valence-corrected chi connectivity index (χ1v) is 12.9. The summed E-state index contributed by atoms with van der Waals surface area (Å²) in [5.41, 5.74) is 5.62. The van der Waals surface area contributed by atoms with Gasteiger partial charge >= 0.3 is 0 Å². The molecular formula is C29H41N3O3. The van der Waals surface area contributed by atoms with Crippen LogP contribution in [0.5, 0.6) is 5.75 Å². The first-order valence-electron chi connectivity index (χ1n) is 12.9. The van der Waals surface area contributed by atoms with Crippen molar-refractivity contribution in [1.29, 1.82) is 0 Å². The number of hydrogen-bond donors (Lipinski definition) is 2. The number of rotatable bonds is 17. The number of amides is 2. The number of carbonyl (C=O) groups excluding carboxylic acids is 2. The minimum absolute atomic E-state index is 0.0700. The monoisotopic (exact) mass is 479 g/mol. The standard InChI is InChI=1S/C29H41N3O3/c1-3-4-5-6-7-8-9-10-11-12-28(33)30-22-29(34)32-31-21-25-17-19-27(20-18-25)35-23-26-15-13-24(2)14-16-26/h13-21H,3-12,22-23H2,1-2H3,(H,30,33)(H,32,34)/b31-21-. The van der Waals surface area contributed by atoms with E-state index in [1.54, 1.807) is 6.21 Å². The Balaban J connectivity index is 1.53. The predicted molar refractivity (Wildman–Crippen MR) is 143 cm³/mol. The van der Waals surface area contributed by atoms with E-state index in [1.807, 2.05) is 24.3 Å². The third kappa shape index (κ3) is 13.4. The Bertz CT molecular complexity index is 892. The van der Waals surface area contributed by atoms with Crippen molar-refractivity contribution in [3.63, 3.8) is 0 Å². The maximum Gasteiger partial charge on any atom is 0.259 e. The predicted octanol–water partition coefficient (Wildman–Crippen LogP) is 6.06. The molecule has 2 rings (SSSR count). The van der Waals surface area contributed by atoms with E-state index in [1.165, 1.54) is 50.5 Å². The fraction of sp³-hybridized carbons (Fsp3) is 0.483. The van der Waals surface area contributed by atoms with Crippen molar-refractivity contribution in [2.75, 3.05) is 6.54 Å². The van der Waals surface area contributed by atoms with Crippen LogP contribution in [0, 0.1) is 6.92 Å². The van der Waals surface area contributed by atoms with Gasteiger partial charge in [0.1, 0.15) is 12.4 Å². The van der Waals surface area contributed by atoms with Gasteiger partial charge in [0.25, 0.3) is 5.91 Å². The van der Waals surface area contributed by atoms with Gasteiger partial charge in [-0.1, -0.05) is 88.1 Å². The highest BCUT2D eigenvalue weighted by atomic mass is 16.5.